The second kappa shape index (κ2) is 5.19. The zero-order valence-electron chi connectivity index (χ0n) is 11.8. The van der Waals surface area contributed by atoms with E-state index in [1.165, 1.54) is 4.90 Å². The van der Waals surface area contributed by atoms with Gasteiger partial charge < -0.3 is 4.90 Å². The van der Waals surface area contributed by atoms with E-state index in [1.807, 2.05) is 48.5 Å². The third-order valence-electron chi connectivity index (χ3n) is 4.35. The van der Waals surface area contributed by atoms with Crippen LogP contribution in [0.25, 0.3) is 0 Å². The number of anilines is 1. The highest BCUT2D eigenvalue weighted by Gasteiger charge is 2.49. The molecule has 1 saturated heterocycles. The second-order valence-electron chi connectivity index (χ2n) is 5.60. The van der Waals surface area contributed by atoms with Crippen LogP contribution in [-0.4, -0.2) is 17.2 Å². The van der Waals surface area contributed by atoms with Crippen LogP contribution in [0.5, 0.6) is 0 Å². The fourth-order valence-electron chi connectivity index (χ4n) is 3.33. The van der Waals surface area contributed by atoms with Crippen LogP contribution >= 0.6 is 11.8 Å². The number of carbonyl (C=O) groups is 1. The summed E-state index contributed by atoms with van der Waals surface area (Å²) >= 11 is 1.71. The molecule has 0 aliphatic carbocycles. The lowest BCUT2D eigenvalue weighted by molar-refractivity contribution is 0.0961. The monoisotopic (exact) mass is 306 g/mol. The van der Waals surface area contributed by atoms with Crippen molar-refractivity contribution >= 4 is 23.2 Å². The van der Waals surface area contributed by atoms with Crippen LogP contribution in [0, 0.1) is 17.2 Å². The fourth-order valence-corrected chi connectivity index (χ4v) is 4.75. The van der Waals surface area contributed by atoms with Gasteiger partial charge in [0.1, 0.15) is 0 Å². The van der Waals surface area contributed by atoms with Crippen molar-refractivity contribution in [3.05, 3.63) is 60.2 Å². The molecule has 3 atom stereocenters. The summed E-state index contributed by atoms with van der Waals surface area (Å²) in [4.78, 5) is 16.2. The Morgan fingerprint density at radius 3 is 2.64 bits per heavy atom. The lowest BCUT2D eigenvalue weighted by Crippen LogP contribution is -2.38. The summed E-state index contributed by atoms with van der Waals surface area (Å²) in [5.41, 5.74) is 1.81. The van der Waals surface area contributed by atoms with Crippen LogP contribution in [0.15, 0.2) is 59.5 Å². The third-order valence-corrected chi connectivity index (χ3v) is 5.75. The molecule has 0 N–H and O–H groups in total. The van der Waals surface area contributed by atoms with E-state index >= 15 is 0 Å². The summed E-state index contributed by atoms with van der Waals surface area (Å²) < 4.78 is 0. The second-order valence-corrected chi connectivity index (χ2v) is 6.76. The van der Waals surface area contributed by atoms with Gasteiger partial charge in [-0.1, -0.05) is 54.2 Å². The molecule has 0 spiro atoms. The minimum atomic E-state index is -0.242. The Hall–Kier alpha value is -2.25. The number of benzene rings is 2. The van der Waals surface area contributed by atoms with E-state index in [-0.39, 0.29) is 23.1 Å². The van der Waals surface area contributed by atoms with Gasteiger partial charge in [0.2, 0.25) is 0 Å². The SMILES string of the molecule is N#C[C@@H]1C[C@@H](C(=O)c2ccccc2)N2c3ccccc3S[C@@H]12. The molecule has 22 heavy (non-hydrogen) atoms. The van der Waals surface area contributed by atoms with Crippen LogP contribution in [0.4, 0.5) is 5.69 Å². The van der Waals surface area contributed by atoms with Gasteiger partial charge in [0.05, 0.1) is 29.1 Å². The molecule has 2 aromatic rings. The van der Waals surface area contributed by atoms with Crippen molar-refractivity contribution in [2.24, 2.45) is 5.92 Å². The summed E-state index contributed by atoms with van der Waals surface area (Å²) in [5, 5.41) is 9.52. The van der Waals surface area contributed by atoms with Crippen molar-refractivity contribution in [1.29, 1.82) is 5.26 Å². The highest BCUT2D eigenvalue weighted by molar-refractivity contribution is 8.00. The van der Waals surface area contributed by atoms with Gasteiger partial charge in [-0.15, -0.1) is 0 Å². The molecule has 2 aromatic carbocycles. The Morgan fingerprint density at radius 1 is 1.14 bits per heavy atom. The van der Waals surface area contributed by atoms with Crippen molar-refractivity contribution in [3.63, 3.8) is 0 Å². The maximum absolute atomic E-state index is 12.9. The van der Waals surface area contributed by atoms with Crippen molar-refractivity contribution in [2.45, 2.75) is 22.7 Å². The normalized spacial score (nSPS) is 25.4. The molecule has 108 valence electrons. The number of rotatable bonds is 2. The summed E-state index contributed by atoms with van der Waals surface area (Å²) in [6, 6.07) is 19.6. The van der Waals surface area contributed by atoms with Gasteiger partial charge in [-0.3, -0.25) is 4.79 Å². The molecule has 2 aliphatic heterocycles. The number of carbonyl (C=O) groups excluding carboxylic acids is 1. The van der Waals surface area contributed by atoms with Gasteiger partial charge in [-0.25, -0.2) is 0 Å². The molecule has 0 saturated carbocycles. The van der Waals surface area contributed by atoms with Gasteiger partial charge >= 0.3 is 0 Å². The van der Waals surface area contributed by atoms with Gasteiger partial charge in [-0.2, -0.15) is 5.26 Å². The molecule has 0 aromatic heterocycles. The first-order chi connectivity index (χ1) is 10.8. The average Bonchev–Trinajstić information content (AvgIpc) is 3.12. The minimum Gasteiger partial charge on any atom is -0.346 e. The van der Waals surface area contributed by atoms with Crippen LogP contribution in [0.2, 0.25) is 0 Å². The molecular formula is C18H14N2OS. The molecule has 2 heterocycles. The van der Waals surface area contributed by atoms with Crippen LogP contribution in [0.3, 0.4) is 0 Å². The molecule has 3 nitrogen and oxygen atoms in total. The predicted octanol–water partition coefficient (Wildman–Crippen LogP) is 3.72. The van der Waals surface area contributed by atoms with Gasteiger partial charge in [0.25, 0.3) is 0 Å². The van der Waals surface area contributed by atoms with E-state index < -0.39 is 0 Å². The molecule has 4 rings (SSSR count). The van der Waals surface area contributed by atoms with Crippen molar-refractivity contribution < 1.29 is 4.79 Å². The van der Waals surface area contributed by atoms with Gasteiger partial charge in [0, 0.05) is 10.5 Å². The number of Topliss-reactive ketones (excluding diaryl/α,β-unsaturated/α-hetero) is 1. The van der Waals surface area contributed by atoms with Crippen LogP contribution in [0.1, 0.15) is 16.8 Å². The lowest BCUT2D eigenvalue weighted by atomic mass is 9.99. The number of nitrogens with zero attached hydrogens (tertiary/aromatic N) is 2. The van der Waals surface area contributed by atoms with Gasteiger partial charge in [0.15, 0.2) is 5.78 Å². The summed E-state index contributed by atoms with van der Waals surface area (Å²) in [6.07, 6.45) is 0.607. The van der Waals surface area contributed by atoms with E-state index in [4.69, 9.17) is 0 Å². The number of hydrogen-bond acceptors (Lipinski definition) is 4. The van der Waals surface area contributed by atoms with Gasteiger partial charge in [-0.05, 0) is 18.6 Å². The number of thioether (sulfide) groups is 1. The summed E-state index contributed by atoms with van der Waals surface area (Å²) in [5.74, 6) is -0.00397. The zero-order valence-corrected chi connectivity index (χ0v) is 12.7. The van der Waals surface area contributed by atoms with Crippen molar-refractivity contribution in [1.82, 2.24) is 0 Å². The van der Waals surface area contributed by atoms with E-state index in [1.54, 1.807) is 11.8 Å². The Morgan fingerprint density at radius 2 is 1.86 bits per heavy atom. The quantitative estimate of drug-likeness (QED) is 0.793. The summed E-state index contributed by atoms with van der Waals surface area (Å²) in [6.45, 7) is 0. The Bertz CT molecular complexity index is 768. The number of para-hydroxylation sites is 1. The molecule has 2 aliphatic rings. The molecule has 1 fully saturated rings. The maximum Gasteiger partial charge on any atom is 0.185 e. The highest BCUT2D eigenvalue weighted by Crippen LogP contribution is 2.52. The fraction of sp³-hybridized carbons (Fsp3) is 0.222. The number of hydrogen-bond donors (Lipinski definition) is 0. The largest absolute Gasteiger partial charge is 0.346 e. The smallest absolute Gasteiger partial charge is 0.185 e. The van der Waals surface area contributed by atoms with Crippen molar-refractivity contribution in [2.75, 3.05) is 4.90 Å². The zero-order chi connectivity index (χ0) is 15.1. The first kappa shape index (κ1) is 13.4. The van der Waals surface area contributed by atoms with Crippen LogP contribution < -0.4 is 4.90 Å². The molecule has 0 radical (unpaired) electrons. The number of ketones is 1. The molecular weight excluding hydrogens is 292 g/mol. The molecule has 0 amide bonds. The van der Waals surface area contributed by atoms with E-state index in [0.717, 1.165) is 11.3 Å². The summed E-state index contributed by atoms with van der Waals surface area (Å²) in [7, 11) is 0. The van der Waals surface area contributed by atoms with Crippen molar-refractivity contribution in [3.8, 4) is 6.07 Å². The maximum atomic E-state index is 12.9. The van der Waals surface area contributed by atoms with Crippen LogP contribution in [-0.2, 0) is 0 Å². The highest BCUT2D eigenvalue weighted by atomic mass is 32.2. The van der Waals surface area contributed by atoms with E-state index in [2.05, 4.69) is 17.0 Å². The standard InChI is InChI=1S/C18H14N2OS/c19-11-13-10-15(17(21)12-6-2-1-3-7-12)20-14-8-4-5-9-16(14)22-18(13)20/h1-9,13,15,18H,10H2/t13-,15-,18-/m0/s1. The predicted molar refractivity (Wildman–Crippen MR) is 86.8 cm³/mol. The van der Waals surface area contributed by atoms with E-state index in [9.17, 15) is 10.1 Å². The first-order valence-electron chi connectivity index (χ1n) is 7.32. The average molecular weight is 306 g/mol. The minimum absolute atomic E-state index is 0.0556. The number of fused-ring (bicyclic) bond motifs is 3. The van der Waals surface area contributed by atoms with E-state index in [0.29, 0.717) is 6.42 Å². The Labute approximate surface area is 133 Å². The Balaban J connectivity index is 1.75. The third kappa shape index (κ3) is 1.93. The molecule has 0 unspecified atom stereocenters. The lowest BCUT2D eigenvalue weighted by Gasteiger charge is -2.25. The number of nitriles is 1. The topological polar surface area (TPSA) is 44.1 Å². The Kier molecular flexibility index (Phi) is 3.16. The molecule has 4 heteroatoms. The molecule has 0 bridgehead atoms. The first-order valence-corrected chi connectivity index (χ1v) is 8.20.